The molecule has 0 aliphatic rings. The minimum Gasteiger partial charge on any atom is -0.309 e. The summed E-state index contributed by atoms with van der Waals surface area (Å²) in [5, 5.41) is 31.1. The molecule has 0 atom stereocenters. The molecule has 0 fully saturated rings. The largest absolute Gasteiger partial charge is 0.309 e. The maximum Gasteiger partial charge on any atom is 0.235 e. The van der Waals surface area contributed by atoms with E-state index in [2.05, 4.69) is 516 Å². The molecule has 0 radical (unpaired) electrons. The quantitative estimate of drug-likeness (QED) is 0.121. The maximum absolute atomic E-state index is 5.62. The van der Waals surface area contributed by atoms with E-state index in [1.165, 1.54) is 151 Å². The summed E-state index contributed by atoms with van der Waals surface area (Å²) in [4.78, 5) is 22.5. The van der Waals surface area contributed by atoms with Crippen molar-refractivity contribution in [3.63, 3.8) is 0 Å². The number of rotatable bonds is 11. The molecule has 145 heavy (non-hydrogen) atoms. The summed E-state index contributed by atoms with van der Waals surface area (Å²) in [6.45, 7) is 0. The van der Waals surface area contributed by atoms with Crippen molar-refractivity contribution in [1.82, 2.24) is 38.2 Å². The number of thiophene rings is 1. The van der Waals surface area contributed by atoms with Gasteiger partial charge >= 0.3 is 0 Å². The molecule has 24 aromatic carbocycles. The number of fused-ring (bicyclic) bond motifs is 27. The molecule has 0 saturated heterocycles. The first kappa shape index (κ1) is 81.9. The zero-order chi connectivity index (χ0) is 95.0. The zero-order valence-corrected chi connectivity index (χ0v) is 79.1. The molecular formula is C136H82N8S. The lowest BCUT2D eigenvalue weighted by atomic mass is 9.93. The average molecular weight is 1860 g/mol. The van der Waals surface area contributed by atoms with Crippen molar-refractivity contribution in [3.8, 4) is 102 Å². The van der Waals surface area contributed by atoms with Crippen molar-refractivity contribution >= 4 is 205 Å². The van der Waals surface area contributed by atoms with Gasteiger partial charge in [-0.2, -0.15) is 0 Å². The lowest BCUT2D eigenvalue weighted by molar-refractivity contribution is 0.996. The summed E-state index contributed by atoms with van der Waals surface area (Å²) in [5.74, 6) is 1.25. The Labute approximate surface area is 836 Å². The van der Waals surface area contributed by atoms with Crippen LogP contribution in [0.15, 0.2) is 497 Å². The fourth-order valence-electron chi connectivity index (χ4n) is 23.6. The second-order valence-corrected chi connectivity index (χ2v) is 39.3. The van der Waals surface area contributed by atoms with Gasteiger partial charge in [0.25, 0.3) is 0 Å². The maximum atomic E-state index is 5.62. The van der Waals surface area contributed by atoms with Gasteiger partial charge in [0.15, 0.2) is 0 Å². The van der Waals surface area contributed by atoms with Crippen molar-refractivity contribution in [1.29, 1.82) is 0 Å². The van der Waals surface area contributed by atoms with Crippen molar-refractivity contribution in [3.05, 3.63) is 497 Å². The van der Waals surface area contributed by atoms with E-state index in [1.807, 2.05) is 11.3 Å². The van der Waals surface area contributed by atoms with Crippen molar-refractivity contribution in [2.24, 2.45) is 0 Å². The first-order chi connectivity index (χ1) is 71.9. The Bertz CT molecular complexity index is 10600. The summed E-state index contributed by atoms with van der Waals surface area (Å²) in [6, 6.07) is 181. The molecular weight excluding hydrogens is 1780 g/mol. The van der Waals surface area contributed by atoms with E-state index in [1.54, 1.807) is 0 Å². The highest BCUT2D eigenvalue weighted by molar-refractivity contribution is 7.25. The molecule has 0 bridgehead atoms. The summed E-state index contributed by atoms with van der Waals surface area (Å²) >= 11 is 1.86. The monoisotopic (exact) mass is 1860 g/mol. The van der Waals surface area contributed by atoms with Crippen LogP contribution in [0.5, 0.6) is 0 Å². The minimum absolute atomic E-state index is 0.626. The van der Waals surface area contributed by atoms with Crippen LogP contribution >= 0.6 is 11.3 Å². The van der Waals surface area contributed by atoms with E-state index < -0.39 is 0 Å². The second kappa shape index (κ2) is 32.8. The summed E-state index contributed by atoms with van der Waals surface area (Å²) in [5.41, 5.74) is 26.1. The Morgan fingerprint density at radius 3 is 0.766 bits per heavy atom. The van der Waals surface area contributed by atoms with Gasteiger partial charge in [0, 0.05) is 96.9 Å². The number of hydrogen-bond donors (Lipinski definition) is 0. The third-order valence-electron chi connectivity index (χ3n) is 30.2. The topological polar surface area (TPSA) is 71.3 Å². The molecule has 0 N–H and O–H groups in total. The van der Waals surface area contributed by atoms with Crippen LogP contribution in [0.3, 0.4) is 0 Å². The molecule has 0 amide bonds. The van der Waals surface area contributed by atoms with Crippen LogP contribution in [0.25, 0.3) is 295 Å². The molecule has 0 unspecified atom stereocenters. The van der Waals surface area contributed by atoms with Crippen LogP contribution in [0.4, 0.5) is 0 Å². The summed E-state index contributed by atoms with van der Waals surface area (Å²) in [6.07, 6.45) is 0. The van der Waals surface area contributed by atoms with Gasteiger partial charge in [-0.15, -0.1) is 11.3 Å². The molecule has 7 heterocycles. The normalized spacial score (nSPS) is 12.0. The lowest BCUT2D eigenvalue weighted by Crippen LogP contribution is -2.04. The van der Waals surface area contributed by atoms with Gasteiger partial charge in [-0.05, 0) is 265 Å². The number of hydrogen-bond acceptors (Lipinski definition) is 5. The van der Waals surface area contributed by atoms with E-state index in [9.17, 15) is 0 Å². The molecule has 0 spiro atoms. The van der Waals surface area contributed by atoms with Crippen molar-refractivity contribution < 1.29 is 0 Å². The molecule has 0 saturated carbocycles. The third kappa shape index (κ3) is 13.2. The van der Waals surface area contributed by atoms with Gasteiger partial charge in [-0.3, -0.25) is 9.13 Å². The fourth-order valence-corrected chi connectivity index (χ4v) is 24.7. The second-order valence-electron chi connectivity index (χ2n) is 38.2. The molecule has 7 aromatic heterocycles. The van der Waals surface area contributed by atoms with Crippen molar-refractivity contribution in [2.75, 3.05) is 0 Å². The molecule has 31 rings (SSSR count). The van der Waals surface area contributed by atoms with Crippen LogP contribution in [0.1, 0.15) is 0 Å². The Kier molecular flexibility index (Phi) is 18.5. The third-order valence-corrected chi connectivity index (χ3v) is 31.3. The highest BCUT2D eigenvalue weighted by Crippen LogP contribution is 2.49. The summed E-state index contributed by atoms with van der Waals surface area (Å²) < 4.78 is 12.0. The number of aromatic nitrogens is 8. The fraction of sp³-hybridized carbons (Fsp3) is 0. The number of nitrogens with zero attached hydrogens (tertiary/aromatic N) is 8. The predicted octanol–water partition coefficient (Wildman–Crippen LogP) is 36.6. The van der Waals surface area contributed by atoms with E-state index in [0.717, 1.165) is 133 Å². The minimum atomic E-state index is 0.626. The van der Waals surface area contributed by atoms with Crippen molar-refractivity contribution in [2.45, 2.75) is 0 Å². The molecule has 0 aliphatic heterocycles. The highest BCUT2D eigenvalue weighted by atomic mass is 32.1. The molecule has 8 nitrogen and oxygen atoms in total. The van der Waals surface area contributed by atoms with Crippen LogP contribution in [-0.4, -0.2) is 38.2 Å². The van der Waals surface area contributed by atoms with Crippen LogP contribution in [0, 0.1) is 0 Å². The molecule has 31 aromatic rings. The number of benzene rings is 24. The van der Waals surface area contributed by atoms with E-state index in [-0.39, 0.29) is 0 Å². The van der Waals surface area contributed by atoms with Gasteiger partial charge in [-0.1, -0.05) is 352 Å². The van der Waals surface area contributed by atoms with Gasteiger partial charge < -0.3 is 9.13 Å². The molecule has 672 valence electrons. The van der Waals surface area contributed by atoms with Gasteiger partial charge in [0.2, 0.25) is 11.9 Å². The van der Waals surface area contributed by atoms with E-state index in [0.29, 0.717) is 11.9 Å². The van der Waals surface area contributed by atoms with Crippen LogP contribution in [0.2, 0.25) is 0 Å². The number of para-hydroxylation sites is 4. The lowest BCUT2D eigenvalue weighted by Gasteiger charge is -2.16. The molecule has 0 aliphatic carbocycles. The highest BCUT2D eigenvalue weighted by Gasteiger charge is 2.27. The van der Waals surface area contributed by atoms with E-state index >= 15 is 0 Å². The summed E-state index contributed by atoms with van der Waals surface area (Å²) in [7, 11) is 0. The first-order valence-corrected chi connectivity index (χ1v) is 50.3. The zero-order valence-electron chi connectivity index (χ0n) is 78.3. The van der Waals surface area contributed by atoms with E-state index in [4.69, 9.17) is 19.9 Å². The van der Waals surface area contributed by atoms with Gasteiger partial charge in [0.05, 0.1) is 66.9 Å². The standard InChI is InChI=1S/C68H40N4S.C68H42N4/c1-3-17-46-43(15-1)37-55(50-21-7-5-19-48(46)50)60-40-61(56-38-44-16-2-4-18-47(44)49-20-6-8-22-51(49)56)70-68(69-60)72-63-27-13-10-24-53(63)58-36-42(30-33-65(58)72)41-29-32-64-57(35-41)52-23-9-12-26-62(52)71(64)45-31-34-67-59(39-45)54-25-11-14-28-66(54)73-67;1-2-17-43(18-3-1)44-21-16-22-49(37-44)71-64-31-14-12-29-56(64)60-38-45(33-35-66(60)71)46-34-36-67-61(39-46)57-30-13-15-32-65(57)72(67)68-69-62(58-40-47-19-4-6-23-50(47)52-25-8-10-27-54(52)58)42-63(70-68)59-41-48-20-5-7-24-51(48)53-26-9-11-28-55(53)59/h1-40H;1-42H. The Hall–Kier alpha value is -19.1. The Morgan fingerprint density at radius 1 is 0.138 bits per heavy atom. The Balaban J connectivity index is 0.000000135. The smallest absolute Gasteiger partial charge is 0.235 e. The van der Waals surface area contributed by atoms with Crippen LogP contribution in [-0.2, 0) is 0 Å². The first-order valence-electron chi connectivity index (χ1n) is 49.5. The Morgan fingerprint density at radius 2 is 0.400 bits per heavy atom. The SMILES string of the molecule is c1ccc(-c2cccc(-n3c4ccccc4c4cc(-c5ccc6c(c5)c5ccccc5n6-c5nc(-c6cc7ccccc7c7ccccc67)cc(-c6cc7ccccc7c7ccccc67)n5)ccc43)c2)cc1.c1ccc2c(c1)cc(-c1cc(-c3cc4ccccc4c4ccccc34)nc(-n3c4ccccc4c4cc(-c5ccc6c(c5)c5ccccc5n6-c5ccc6sc7ccccc7c6c5)ccc43)n1)c1ccccc12. The van der Waals surface area contributed by atoms with Crippen LogP contribution < -0.4 is 0 Å². The molecule has 9 heteroatoms. The van der Waals surface area contributed by atoms with Gasteiger partial charge in [-0.25, -0.2) is 19.9 Å². The average Bonchev–Trinajstić information content (AvgIpc) is 1.57. The van der Waals surface area contributed by atoms with Gasteiger partial charge in [0.1, 0.15) is 0 Å². The predicted molar refractivity (Wildman–Crippen MR) is 612 cm³/mol.